The molecular formula is C24H26N2O3S. The van der Waals surface area contributed by atoms with Crippen molar-refractivity contribution in [3.05, 3.63) is 102 Å². The molecule has 1 amide bonds. The van der Waals surface area contributed by atoms with E-state index in [0.717, 1.165) is 11.1 Å². The molecule has 0 saturated heterocycles. The largest absolute Gasteiger partial charge is 0.332 e. The predicted octanol–water partition coefficient (Wildman–Crippen LogP) is 4.22. The van der Waals surface area contributed by atoms with Gasteiger partial charge in [0.15, 0.2) is 0 Å². The number of hydrogen-bond donors (Lipinski definition) is 1. The van der Waals surface area contributed by atoms with Crippen LogP contribution in [0.15, 0.2) is 89.8 Å². The maximum Gasteiger partial charge on any atom is 0.254 e. The van der Waals surface area contributed by atoms with Gasteiger partial charge >= 0.3 is 0 Å². The van der Waals surface area contributed by atoms with Crippen LogP contribution < -0.4 is 4.72 Å². The van der Waals surface area contributed by atoms with Gasteiger partial charge in [-0.1, -0.05) is 66.7 Å². The van der Waals surface area contributed by atoms with Crippen LogP contribution in [0.25, 0.3) is 0 Å². The normalized spacial score (nSPS) is 11.4. The fourth-order valence-electron chi connectivity index (χ4n) is 3.09. The molecule has 0 aliphatic rings. The van der Waals surface area contributed by atoms with Crippen molar-refractivity contribution in [1.29, 1.82) is 0 Å². The summed E-state index contributed by atoms with van der Waals surface area (Å²) in [4.78, 5) is 15.0. The number of sulfonamides is 1. The highest BCUT2D eigenvalue weighted by Gasteiger charge is 2.21. The van der Waals surface area contributed by atoms with Crippen molar-refractivity contribution < 1.29 is 13.2 Å². The molecule has 0 saturated carbocycles. The Labute approximate surface area is 178 Å². The van der Waals surface area contributed by atoms with E-state index in [1.54, 1.807) is 17.0 Å². The van der Waals surface area contributed by atoms with Crippen LogP contribution in [0, 0.1) is 0 Å². The first-order valence-corrected chi connectivity index (χ1v) is 11.3. The second-order valence-corrected chi connectivity index (χ2v) is 9.12. The molecule has 6 heteroatoms. The smallest absolute Gasteiger partial charge is 0.254 e. The standard InChI is InChI=1S/C24H26N2O3S/c1-19(2)26(18-21-12-7-4-8-13-21)24(27)22-14-9-15-23(16-22)30(28,29)25-17-20-10-5-3-6-11-20/h3-16,19,25H,17-18H2,1-2H3. The van der Waals surface area contributed by atoms with Crippen LogP contribution in [0.2, 0.25) is 0 Å². The topological polar surface area (TPSA) is 66.5 Å². The molecule has 0 fully saturated rings. The Morgan fingerprint density at radius 2 is 1.47 bits per heavy atom. The van der Waals surface area contributed by atoms with Crippen molar-refractivity contribution in [3.8, 4) is 0 Å². The molecule has 0 aliphatic heterocycles. The molecule has 3 aromatic carbocycles. The summed E-state index contributed by atoms with van der Waals surface area (Å²) in [6.45, 7) is 4.54. The number of carbonyl (C=O) groups excluding carboxylic acids is 1. The molecule has 3 aromatic rings. The van der Waals surface area contributed by atoms with Gasteiger partial charge in [-0.05, 0) is 43.2 Å². The molecule has 30 heavy (non-hydrogen) atoms. The maximum atomic E-state index is 13.2. The van der Waals surface area contributed by atoms with E-state index in [9.17, 15) is 13.2 Å². The van der Waals surface area contributed by atoms with Gasteiger partial charge in [0.25, 0.3) is 5.91 Å². The molecule has 0 aromatic heterocycles. The molecule has 0 spiro atoms. The molecule has 0 radical (unpaired) electrons. The summed E-state index contributed by atoms with van der Waals surface area (Å²) in [5.74, 6) is -0.200. The van der Waals surface area contributed by atoms with Gasteiger partial charge in [0.05, 0.1) is 4.90 Å². The van der Waals surface area contributed by atoms with Crippen molar-refractivity contribution in [1.82, 2.24) is 9.62 Å². The SMILES string of the molecule is CC(C)N(Cc1ccccc1)C(=O)c1cccc(S(=O)(=O)NCc2ccccc2)c1. The lowest BCUT2D eigenvalue weighted by Gasteiger charge is -2.27. The van der Waals surface area contributed by atoms with E-state index in [1.165, 1.54) is 12.1 Å². The fourth-order valence-corrected chi connectivity index (χ4v) is 4.15. The molecule has 0 atom stereocenters. The Morgan fingerprint density at radius 1 is 0.867 bits per heavy atom. The number of nitrogens with one attached hydrogen (secondary N) is 1. The number of rotatable bonds is 8. The molecular weight excluding hydrogens is 396 g/mol. The van der Waals surface area contributed by atoms with Crippen molar-refractivity contribution in [2.75, 3.05) is 0 Å². The summed E-state index contributed by atoms with van der Waals surface area (Å²) in [6, 6.07) is 25.2. The fraction of sp³-hybridized carbons (Fsp3) is 0.208. The molecule has 0 bridgehead atoms. The first kappa shape index (κ1) is 21.7. The van der Waals surface area contributed by atoms with Gasteiger partial charge in [0.1, 0.15) is 0 Å². The second-order valence-electron chi connectivity index (χ2n) is 7.35. The molecule has 5 nitrogen and oxygen atoms in total. The lowest BCUT2D eigenvalue weighted by molar-refractivity contribution is 0.0690. The van der Waals surface area contributed by atoms with E-state index in [-0.39, 0.29) is 23.4 Å². The molecule has 0 heterocycles. The average Bonchev–Trinajstić information content (AvgIpc) is 2.77. The molecule has 156 valence electrons. The number of benzene rings is 3. The minimum absolute atomic E-state index is 0.0332. The average molecular weight is 423 g/mol. The number of hydrogen-bond acceptors (Lipinski definition) is 3. The first-order chi connectivity index (χ1) is 14.4. The van der Waals surface area contributed by atoms with Gasteiger partial charge in [0.2, 0.25) is 10.0 Å². The highest BCUT2D eigenvalue weighted by molar-refractivity contribution is 7.89. The zero-order valence-corrected chi connectivity index (χ0v) is 18.0. The van der Waals surface area contributed by atoms with Crippen LogP contribution in [0.1, 0.15) is 35.3 Å². The molecule has 0 unspecified atom stereocenters. The third kappa shape index (κ3) is 5.55. The number of amides is 1. The molecule has 3 rings (SSSR count). The van der Waals surface area contributed by atoms with Crippen LogP contribution in [0.4, 0.5) is 0 Å². The Morgan fingerprint density at radius 3 is 2.07 bits per heavy atom. The maximum absolute atomic E-state index is 13.2. The molecule has 1 N–H and O–H groups in total. The minimum atomic E-state index is -3.74. The van der Waals surface area contributed by atoms with Crippen LogP contribution in [0.5, 0.6) is 0 Å². The van der Waals surface area contributed by atoms with Crippen molar-refractivity contribution in [3.63, 3.8) is 0 Å². The summed E-state index contributed by atoms with van der Waals surface area (Å²) in [5.41, 5.74) is 2.23. The monoisotopic (exact) mass is 422 g/mol. The van der Waals surface area contributed by atoms with Crippen LogP contribution in [-0.4, -0.2) is 25.3 Å². The van der Waals surface area contributed by atoms with Crippen molar-refractivity contribution >= 4 is 15.9 Å². The van der Waals surface area contributed by atoms with Crippen LogP contribution in [-0.2, 0) is 23.1 Å². The van der Waals surface area contributed by atoms with Gasteiger partial charge in [-0.15, -0.1) is 0 Å². The van der Waals surface area contributed by atoms with Crippen molar-refractivity contribution in [2.24, 2.45) is 0 Å². The highest BCUT2D eigenvalue weighted by Crippen LogP contribution is 2.17. The quantitative estimate of drug-likeness (QED) is 0.591. The Hall–Kier alpha value is -2.96. The van der Waals surface area contributed by atoms with Gasteiger partial charge in [-0.3, -0.25) is 4.79 Å². The number of carbonyl (C=O) groups is 1. The summed E-state index contributed by atoms with van der Waals surface area (Å²) in [7, 11) is -3.74. The van der Waals surface area contributed by atoms with E-state index < -0.39 is 10.0 Å². The Bertz CT molecular complexity index is 1080. The lowest BCUT2D eigenvalue weighted by atomic mass is 10.1. The summed E-state index contributed by atoms with van der Waals surface area (Å²) in [5, 5.41) is 0. The third-order valence-corrected chi connectivity index (χ3v) is 6.18. The zero-order valence-electron chi connectivity index (χ0n) is 17.2. The van der Waals surface area contributed by atoms with Gasteiger partial charge in [-0.25, -0.2) is 13.1 Å². The van der Waals surface area contributed by atoms with E-state index in [4.69, 9.17) is 0 Å². The van der Waals surface area contributed by atoms with Gasteiger partial charge < -0.3 is 4.90 Å². The predicted molar refractivity (Wildman–Crippen MR) is 118 cm³/mol. The lowest BCUT2D eigenvalue weighted by Crippen LogP contribution is -2.36. The van der Waals surface area contributed by atoms with Crippen molar-refractivity contribution in [2.45, 2.75) is 37.9 Å². The summed E-state index contributed by atoms with van der Waals surface area (Å²) in [6.07, 6.45) is 0. The Balaban J connectivity index is 1.79. The van der Waals surface area contributed by atoms with Crippen LogP contribution in [0.3, 0.4) is 0 Å². The van der Waals surface area contributed by atoms with E-state index in [1.807, 2.05) is 74.5 Å². The first-order valence-electron chi connectivity index (χ1n) is 9.85. The van der Waals surface area contributed by atoms with Crippen LogP contribution >= 0.6 is 0 Å². The second kappa shape index (κ2) is 9.69. The van der Waals surface area contributed by atoms with E-state index in [0.29, 0.717) is 12.1 Å². The minimum Gasteiger partial charge on any atom is -0.332 e. The summed E-state index contributed by atoms with van der Waals surface area (Å²) < 4.78 is 28.1. The third-order valence-electron chi connectivity index (χ3n) is 4.78. The highest BCUT2D eigenvalue weighted by atomic mass is 32.2. The number of nitrogens with zero attached hydrogens (tertiary/aromatic N) is 1. The summed E-state index contributed by atoms with van der Waals surface area (Å²) >= 11 is 0. The van der Waals surface area contributed by atoms with Gasteiger partial charge in [0, 0.05) is 24.7 Å². The van der Waals surface area contributed by atoms with E-state index >= 15 is 0 Å². The Kier molecular flexibility index (Phi) is 7.03. The zero-order chi connectivity index (χ0) is 21.6. The van der Waals surface area contributed by atoms with Gasteiger partial charge in [-0.2, -0.15) is 0 Å². The molecule has 0 aliphatic carbocycles. The van der Waals surface area contributed by atoms with E-state index in [2.05, 4.69) is 4.72 Å².